The Morgan fingerprint density at radius 3 is 2.41 bits per heavy atom. The first-order valence-electron chi connectivity index (χ1n) is 10.2. The van der Waals surface area contributed by atoms with Gasteiger partial charge in [-0.2, -0.15) is 5.10 Å². The summed E-state index contributed by atoms with van der Waals surface area (Å²) in [5.41, 5.74) is 3.19. The predicted octanol–water partition coefficient (Wildman–Crippen LogP) is 5.89. The van der Waals surface area contributed by atoms with Gasteiger partial charge in [0, 0.05) is 10.6 Å². The van der Waals surface area contributed by atoms with Crippen molar-refractivity contribution >= 4 is 52.1 Å². The lowest BCUT2D eigenvalue weighted by Gasteiger charge is -2.11. The number of hydrazone groups is 1. The fourth-order valence-electron chi connectivity index (χ4n) is 3.16. The van der Waals surface area contributed by atoms with Crippen LogP contribution in [0.1, 0.15) is 15.9 Å². The van der Waals surface area contributed by atoms with Crippen LogP contribution in [-0.2, 0) is 4.79 Å². The highest BCUT2D eigenvalue weighted by Crippen LogP contribution is 2.28. The molecule has 4 rings (SSSR count). The highest BCUT2D eigenvalue weighted by molar-refractivity contribution is 6.33. The lowest BCUT2D eigenvalue weighted by atomic mass is 10.0. The molecule has 0 aromatic heterocycles. The number of halogens is 2. The molecule has 0 saturated carbocycles. The normalized spacial score (nSPS) is 10.9. The Bertz CT molecular complexity index is 1370. The van der Waals surface area contributed by atoms with Crippen LogP contribution in [0, 0.1) is 0 Å². The van der Waals surface area contributed by atoms with Gasteiger partial charge in [-0.25, -0.2) is 10.2 Å². The Hall–Kier alpha value is -3.87. The molecule has 0 atom stereocenters. The van der Waals surface area contributed by atoms with Crippen molar-refractivity contribution in [3.63, 3.8) is 0 Å². The average Bonchev–Trinajstić information content (AvgIpc) is 2.85. The Kier molecular flexibility index (Phi) is 7.42. The summed E-state index contributed by atoms with van der Waals surface area (Å²) in [5, 5.41) is 6.60. The van der Waals surface area contributed by atoms with Gasteiger partial charge in [0.15, 0.2) is 6.61 Å². The molecule has 1 N–H and O–H groups in total. The van der Waals surface area contributed by atoms with Gasteiger partial charge in [0.2, 0.25) is 0 Å². The summed E-state index contributed by atoms with van der Waals surface area (Å²) in [6.07, 6.45) is 1.43. The predicted molar refractivity (Wildman–Crippen MR) is 133 cm³/mol. The van der Waals surface area contributed by atoms with Gasteiger partial charge in [-0.1, -0.05) is 65.7 Å². The molecule has 0 unspecified atom stereocenters. The number of carbonyl (C=O) groups is 2. The van der Waals surface area contributed by atoms with Gasteiger partial charge in [-0.05, 0) is 53.2 Å². The van der Waals surface area contributed by atoms with Crippen molar-refractivity contribution in [3.05, 3.63) is 106 Å². The van der Waals surface area contributed by atoms with Crippen LogP contribution < -0.4 is 14.9 Å². The van der Waals surface area contributed by atoms with E-state index in [1.54, 1.807) is 54.6 Å². The van der Waals surface area contributed by atoms with Gasteiger partial charge in [0.25, 0.3) is 5.91 Å². The van der Waals surface area contributed by atoms with E-state index in [-0.39, 0.29) is 22.9 Å². The number of esters is 1. The number of nitrogens with zero attached hydrogens (tertiary/aromatic N) is 1. The molecular formula is C26H18Cl2N2O4. The largest absolute Gasteiger partial charge is 0.484 e. The van der Waals surface area contributed by atoms with Crippen molar-refractivity contribution in [1.82, 2.24) is 5.43 Å². The zero-order valence-corrected chi connectivity index (χ0v) is 19.2. The van der Waals surface area contributed by atoms with E-state index >= 15 is 0 Å². The first-order chi connectivity index (χ1) is 16.5. The van der Waals surface area contributed by atoms with Crippen LogP contribution in [0.25, 0.3) is 10.8 Å². The third kappa shape index (κ3) is 5.73. The summed E-state index contributed by atoms with van der Waals surface area (Å²) in [6, 6.07) is 24.3. The lowest BCUT2D eigenvalue weighted by molar-refractivity contribution is -0.123. The van der Waals surface area contributed by atoms with E-state index in [0.717, 1.165) is 10.8 Å². The van der Waals surface area contributed by atoms with Crippen LogP contribution in [0.2, 0.25) is 10.0 Å². The molecule has 0 saturated heterocycles. The standard InChI is InChI=1S/C26H18Cl2N2O4/c27-18-10-12-19(13-11-18)33-16-25(31)30-29-15-22-20-6-2-1-5-17(20)9-14-24(22)34-26(32)21-7-3-4-8-23(21)28/h1-15H,16H2,(H,30,31). The minimum absolute atomic E-state index is 0.233. The van der Waals surface area contributed by atoms with Crippen LogP contribution in [0.5, 0.6) is 11.5 Å². The second-order valence-corrected chi connectivity index (χ2v) is 7.95. The molecule has 8 heteroatoms. The zero-order valence-electron chi connectivity index (χ0n) is 17.7. The monoisotopic (exact) mass is 492 g/mol. The fraction of sp³-hybridized carbons (Fsp3) is 0.0385. The smallest absolute Gasteiger partial charge is 0.345 e. The zero-order chi connectivity index (χ0) is 23.9. The molecule has 0 fully saturated rings. The maximum absolute atomic E-state index is 12.7. The maximum Gasteiger partial charge on any atom is 0.345 e. The molecule has 0 aliphatic carbocycles. The molecule has 0 aliphatic heterocycles. The molecule has 4 aromatic rings. The van der Waals surface area contributed by atoms with Gasteiger partial charge < -0.3 is 9.47 Å². The van der Waals surface area contributed by atoms with Gasteiger partial charge in [0.05, 0.1) is 16.8 Å². The number of carbonyl (C=O) groups excluding carboxylic acids is 2. The molecule has 34 heavy (non-hydrogen) atoms. The van der Waals surface area contributed by atoms with Crippen molar-refractivity contribution in [2.45, 2.75) is 0 Å². The summed E-state index contributed by atoms with van der Waals surface area (Å²) in [5.74, 6) is -0.276. The van der Waals surface area contributed by atoms with E-state index in [4.69, 9.17) is 32.7 Å². The number of rotatable bonds is 7. The number of hydrogen-bond donors (Lipinski definition) is 1. The second-order valence-electron chi connectivity index (χ2n) is 7.10. The van der Waals surface area contributed by atoms with Crippen LogP contribution >= 0.6 is 23.2 Å². The molecule has 0 heterocycles. The topological polar surface area (TPSA) is 77.0 Å². The highest BCUT2D eigenvalue weighted by atomic mass is 35.5. The number of benzene rings is 4. The summed E-state index contributed by atoms with van der Waals surface area (Å²) in [6.45, 7) is -0.233. The van der Waals surface area contributed by atoms with Gasteiger partial charge in [0.1, 0.15) is 11.5 Å². The van der Waals surface area contributed by atoms with E-state index in [2.05, 4.69) is 10.5 Å². The third-order valence-electron chi connectivity index (χ3n) is 4.79. The third-order valence-corrected chi connectivity index (χ3v) is 5.38. The number of fused-ring (bicyclic) bond motifs is 1. The Morgan fingerprint density at radius 1 is 0.882 bits per heavy atom. The Balaban J connectivity index is 1.51. The summed E-state index contributed by atoms with van der Waals surface area (Å²) in [4.78, 5) is 24.8. The summed E-state index contributed by atoms with van der Waals surface area (Å²) in [7, 11) is 0. The van der Waals surface area contributed by atoms with E-state index in [1.807, 2.05) is 30.3 Å². The van der Waals surface area contributed by atoms with Crippen molar-refractivity contribution in [1.29, 1.82) is 0 Å². The minimum atomic E-state index is -0.601. The van der Waals surface area contributed by atoms with E-state index in [9.17, 15) is 9.59 Å². The number of hydrogen-bond acceptors (Lipinski definition) is 5. The summed E-state index contributed by atoms with van der Waals surface area (Å²) < 4.78 is 11.0. The quantitative estimate of drug-likeness (QED) is 0.151. The van der Waals surface area contributed by atoms with Crippen molar-refractivity contribution in [2.24, 2.45) is 5.10 Å². The second kappa shape index (κ2) is 10.8. The molecule has 0 bridgehead atoms. The van der Waals surface area contributed by atoms with Crippen LogP contribution in [-0.4, -0.2) is 24.7 Å². The molecular weight excluding hydrogens is 475 g/mol. The van der Waals surface area contributed by atoms with Gasteiger partial charge >= 0.3 is 5.97 Å². The SMILES string of the molecule is O=C(COc1ccc(Cl)cc1)NN=Cc1c(OC(=O)c2ccccc2Cl)ccc2ccccc12. The first kappa shape index (κ1) is 23.3. The fourth-order valence-corrected chi connectivity index (χ4v) is 3.50. The number of ether oxygens (including phenoxy) is 2. The Morgan fingerprint density at radius 2 is 1.62 bits per heavy atom. The van der Waals surface area contributed by atoms with Crippen molar-refractivity contribution < 1.29 is 19.1 Å². The molecule has 0 radical (unpaired) electrons. The molecule has 4 aromatic carbocycles. The Labute approximate surface area is 205 Å². The van der Waals surface area contributed by atoms with Crippen molar-refractivity contribution in [3.8, 4) is 11.5 Å². The number of amides is 1. The number of nitrogens with one attached hydrogen (secondary N) is 1. The van der Waals surface area contributed by atoms with E-state index in [0.29, 0.717) is 16.3 Å². The average molecular weight is 493 g/mol. The summed E-state index contributed by atoms with van der Waals surface area (Å²) >= 11 is 12.0. The molecule has 1 amide bonds. The first-order valence-corrected chi connectivity index (χ1v) is 11.0. The van der Waals surface area contributed by atoms with Crippen molar-refractivity contribution in [2.75, 3.05) is 6.61 Å². The van der Waals surface area contributed by atoms with Gasteiger partial charge in [-0.3, -0.25) is 4.79 Å². The highest BCUT2D eigenvalue weighted by Gasteiger charge is 2.15. The molecule has 170 valence electrons. The minimum Gasteiger partial charge on any atom is -0.484 e. The van der Waals surface area contributed by atoms with Crippen LogP contribution in [0.3, 0.4) is 0 Å². The van der Waals surface area contributed by atoms with Crippen LogP contribution in [0.15, 0.2) is 90.0 Å². The molecule has 0 aliphatic rings. The van der Waals surface area contributed by atoms with E-state index in [1.165, 1.54) is 6.21 Å². The van der Waals surface area contributed by atoms with Crippen LogP contribution in [0.4, 0.5) is 0 Å². The van der Waals surface area contributed by atoms with Gasteiger partial charge in [-0.15, -0.1) is 0 Å². The van der Waals surface area contributed by atoms with E-state index < -0.39 is 11.9 Å². The molecule has 0 spiro atoms. The lowest BCUT2D eigenvalue weighted by Crippen LogP contribution is -2.24. The molecule has 6 nitrogen and oxygen atoms in total. The maximum atomic E-state index is 12.7.